The lowest BCUT2D eigenvalue weighted by Gasteiger charge is -2.34. The molecule has 0 aliphatic carbocycles. The molecule has 2 saturated heterocycles. The summed E-state index contributed by atoms with van der Waals surface area (Å²) in [6, 6.07) is 0.259. The minimum Gasteiger partial charge on any atom is -0.444 e. The van der Waals surface area contributed by atoms with Gasteiger partial charge in [0, 0.05) is 30.4 Å². The molecule has 7 nitrogen and oxygen atoms in total. The fourth-order valence-electron chi connectivity index (χ4n) is 3.63. The molecule has 0 unspecified atom stereocenters. The molecule has 3 heterocycles. The van der Waals surface area contributed by atoms with Crippen molar-refractivity contribution < 1.29 is 18.8 Å². The van der Waals surface area contributed by atoms with E-state index in [2.05, 4.69) is 44.4 Å². The molecule has 2 aliphatic rings. The van der Waals surface area contributed by atoms with Crippen molar-refractivity contribution in [3.8, 4) is 0 Å². The van der Waals surface area contributed by atoms with E-state index in [0.717, 1.165) is 24.0 Å². The van der Waals surface area contributed by atoms with Gasteiger partial charge in [0.1, 0.15) is 5.60 Å². The summed E-state index contributed by atoms with van der Waals surface area (Å²) < 4.78 is 19.9. The third kappa shape index (κ3) is 4.08. The van der Waals surface area contributed by atoms with E-state index < -0.39 is 12.7 Å². The highest BCUT2D eigenvalue weighted by Gasteiger charge is 2.52. The van der Waals surface area contributed by atoms with Crippen molar-refractivity contribution >= 4 is 18.7 Å². The van der Waals surface area contributed by atoms with Gasteiger partial charge in [0.15, 0.2) is 0 Å². The Bertz CT molecular complexity index is 714. The highest BCUT2D eigenvalue weighted by Crippen LogP contribution is 2.37. The Morgan fingerprint density at radius 3 is 2.21 bits per heavy atom. The number of likely N-dealkylation sites (tertiary alicyclic amines) is 1. The van der Waals surface area contributed by atoms with Gasteiger partial charge in [0.25, 0.3) is 0 Å². The minimum absolute atomic E-state index is 0.235. The van der Waals surface area contributed by atoms with E-state index >= 15 is 0 Å². The maximum absolute atomic E-state index is 12.3. The van der Waals surface area contributed by atoms with Gasteiger partial charge in [0.2, 0.25) is 0 Å². The normalized spacial score (nSPS) is 22.6. The molecule has 156 valence electrons. The van der Waals surface area contributed by atoms with Gasteiger partial charge in [-0.05, 0) is 68.2 Å². The van der Waals surface area contributed by atoms with E-state index in [-0.39, 0.29) is 23.3 Å². The van der Waals surface area contributed by atoms with Crippen LogP contribution in [0, 0.1) is 6.92 Å². The molecule has 1 aromatic rings. The predicted octanol–water partition coefficient (Wildman–Crippen LogP) is 3.06. The van der Waals surface area contributed by atoms with Gasteiger partial charge in [-0.2, -0.15) is 5.10 Å². The number of amides is 1. The van der Waals surface area contributed by atoms with Crippen LogP contribution in [0.3, 0.4) is 0 Å². The Morgan fingerprint density at radius 1 is 1.18 bits per heavy atom. The second-order valence-electron chi connectivity index (χ2n) is 9.92. The molecule has 2 fully saturated rings. The van der Waals surface area contributed by atoms with Crippen LogP contribution in [0.5, 0.6) is 0 Å². The van der Waals surface area contributed by atoms with Gasteiger partial charge < -0.3 is 18.9 Å². The number of nitrogens with zero attached hydrogens (tertiary/aromatic N) is 3. The van der Waals surface area contributed by atoms with E-state index in [9.17, 15) is 4.79 Å². The van der Waals surface area contributed by atoms with Crippen LogP contribution in [0.4, 0.5) is 4.79 Å². The van der Waals surface area contributed by atoms with E-state index in [1.54, 1.807) is 4.90 Å². The number of piperidine rings is 1. The fourth-order valence-corrected chi connectivity index (χ4v) is 3.63. The predicted molar refractivity (Wildman–Crippen MR) is 109 cm³/mol. The van der Waals surface area contributed by atoms with Crippen molar-refractivity contribution in [2.45, 2.75) is 91.1 Å². The Kier molecular flexibility index (Phi) is 5.34. The molecule has 0 saturated carbocycles. The van der Waals surface area contributed by atoms with Crippen LogP contribution < -0.4 is 5.46 Å². The Hall–Kier alpha value is -1.54. The molecule has 2 aliphatic heterocycles. The lowest BCUT2D eigenvalue weighted by molar-refractivity contribution is 0.00578. The van der Waals surface area contributed by atoms with Gasteiger partial charge in [-0.1, -0.05) is 0 Å². The summed E-state index contributed by atoms with van der Waals surface area (Å²) in [7, 11) is -0.402. The maximum Gasteiger partial charge on any atom is 0.498 e. The number of hydrogen-bond acceptors (Lipinski definition) is 5. The number of hydrogen-bond donors (Lipinski definition) is 0. The molecule has 0 aromatic carbocycles. The number of carbonyl (C=O) groups is 1. The number of aromatic nitrogens is 2. The summed E-state index contributed by atoms with van der Waals surface area (Å²) >= 11 is 0. The number of rotatable bonds is 2. The zero-order valence-corrected chi connectivity index (χ0v) is 18.5. The largest absolute Gasteiger partial charge is 0.498 e. The van der Waals surface area contributed by atoms with E-state index in [4.69, 9.17) is 14.0 Å². The molecule has 1 aromatic heterocycles. The molecule has 0 N–H and O–H groups in total. The molecule has 0 atom stereocenters. The van der Waals surface area contributed by atoms with Crippen LogP contribution in [-0.2, 0) is 14.0 Å². The quantitative estimate of drug-likeness (QED) is 0.725. The van der Waals surface area contributed by atoms with Crippen LogP contribution in [-0.4, -0.2) is 57.8 Å². The summed E-state index contributed by atoms with van der Waals surface area (Å²) in [5.74, 6) is 0. The third-order valence-electron chi connectivity index (χ3n) is 6.05. The van der Waals surface area contributed by atoms with Crippen molar-refractivity contribution in [3.05, 3.63) is 11.9 Å². The van der Waals surface area contributed by atoms with Gasteiger partial charge in [-0.25, -0.2) is 4.79 Å². The first-order valence-electron chi connectivity index (χ1n) is 10.2. The third-order valence-corrected chi connectivity index (χ3v) is 6.05. The maximum atomic E-state index is 12.3. The van der Waals surface area contributed by atoms with Gasteiger partial charge in [0.05, 0.1) is 17.2 Å². The lowest BCUT2D eigenvalue weighted by Crippen LogP contribution is -2.42. The van der Waals surface area contributed by atoms with Crippen LogP contribution in [0.15, 0.2) is 6.20 Å². The summed E-state index contributed by atoms with van der Waals surface area (Å²) in [5.41, 5.74) is 0.836. The highest BCUT2D eigenvalue weighted by molar-refractivity contribution is 6.62. The average Bonchev–Trinajstić information content (AvgIpc) is 3.03. The first-order valence-corrected chi connectivity index (χ1v) is 10.2. The summed E-state index contributed by atoms with van der Waals surface area (Å²) in [4.78, 5) is 14.1. The van der Waals surface area contributed by atoms with Gasteiger partial charge >= 0.3 is 13.2 Å². The van der Waals surface area contributed by atoms with Crippen LogP contribution in [0.2, 0.25) is 0 Å². The summed E-state index contributed by atoms with van der Waals surface area (Å²) in [5, 5.41) is 4.63. The second-order valence-corrected chi connectivity index (χ2v) is 9.92. The number of carbonyl (C=O) groups excluding carboxylic acids is 1. The molecule has 3 rings (SSSR count). The monoisotopic (exact) mass is 391 g/mol. The summed E-state index contributed by atoms with van der Waals surface area (Å²) in [6.45, 7) is 17.3. The minimum atomic E-state index is -0.468. The average molecular weight is 391 g/mol. The highest BCUT2D eigenvalue weighted by atomic mass is 16.7. The van der Waals surface area contributed by atoms with Crippen LogP contribution in [0.25, 0.3) is 0 Å². The van der Waals surface area contributed by atoms with E-state index in [0.29, 0.717) is 13.1 Å². The standard InChI is InChI=1S/C20H34BN3O4/c1-14-16(21-27-19(5,6)20(7,8)28-21)13-22-24(14)15-9-11-23(12-10-15)17(25)26-18(2,3)4/h13,15H,9-12H2,1-8H3. The zero-order chi connectivity index (χ0) is 20.9. The van der Waals surface area contributed by atoms with Crippen molar-refractivity contribution in [1.82, 2.24) is 14.7 Å². The SMILES string of the molecule is Cc1c(B2OC(C)(C)C(C)(C)O2)cnn1C1CCN(C(=O)OC(C)(C)C)CC1. The Balaban J connectivity index is 1.65. The molecule has 0 radical (unpaired) electrons. The van der Waals surface area contributed by atoms with Crippen LogP contribution >= 0.6 is 0 Å². The Morgan fingerprint density at radius 2 is 1.71 bits per heavy atom. The number of ether oxygens (including phenoxy) is 1. The van der Waals surface area contributed by atoms with Crippen molar-refractivity contribution in [2.75, 3.05) is 13.1 Å². The first kappa shape index (κ1) is 21.2. The van der Waals surface area contributed by atoms with Crippen molar-refractivity contribution in [2.24, 2.45) is 0 Å². The molecule has 8 heteroatoms. The van der Waals surface area contributed by atoms with Crippen LogP contribution in [0.1, 0.15) is 73.0 Å². The molecule has 1 amide bonds. The topological polar surface area (TPSA) is 65.8 Å². The smallest absolute Gasteiger partial charge is 0.444 e. The van der Waals surface area contributed by atoms with Crippen molar-refractivity contribution in [3.63, 3.8) is 0 Å². The van der Waals surface area contributed by atoms with Gasteiger partial charge in [-0.3, -0.25) is 4.68 Å². The zero-order valence-electron chi connectivity index (χ0n) is 18.5. The molecule has 0 bridgehead atoms. The fraction of sp³-hybridized carbons (Fsp3) is 0.800. The Labute approximate surface area is 168 Å². The van der Waals surface area contributed by atoms with Crippen molar-refractivity contribution in [1.29, 1.82) is 0 Å². The molecular formula is C20H34BN3O4. The first-order chi connectivity index (χ1) is 12.8. The van der Waals surface area contributed by atoms with E-state index in [1.165, 1.54) is 0 Å². The second kappa shape index (κ2) is 7.06. The lowest BCUT2D eigenvalue weighted by atomic mass is 9.79. The van der Waals surface area contributed by atoms with Gasteiger partial charge in [-0.15, -0.1) is 0 Å². The van der Waals surface area contributed by atoms with E-state index in [1.807, 2.05) is 27.0 Å². The molecular weight excluding hydrogens is 357 g/mol. The molecule has 0 spiro atoms. The summed E-state index contributed by atoms with van der Waals surface area (Å²) in [6.07, 6.45) is 3.33. The molecule has 28 heavy (non-hydrogen) atoms.